The topological polar surface area (TPSA) is 40.6 Å². The van der Waals surface area contributed by atoms with E-state index in [4.69, 9.17) is 9.97 Å². The molecule has 1 aliphatic rings. The monoisotopic (exact) mass is 591 g/mol. The van der Waals surface area contributed by atoms with Gasteiger partial charge in [0, 0.05) is 41.7 Å². The lowest BCUT2D eigenvalue weighted by Crippen LogP contribution is -1.97. The second-order valence-electron chi connectivity index (χ2n) is 12.4. The average molecular weight is 592 g/mol. The predicted octanol–water partition coefficient (Wildman–Crippen LogP) is 9.46. The number of benzene rings is 6. The number of para-hydroxylation sites is 3. The third-order valence-corrected chi connectivity index (χ3v) is 9.88. The van der Waals surface area contributed by atoms with E-state index in [0.717, 1.165) is 62.5 Å². The fourth-order valence-corrected chi connectivity index (χ4v) is 7.65. The van der Waals surface area contributed by atoms with E-state index >= 15 is 0 Å². The van der Waals surface area contributed by atoms with Crippen LogP contribution in [0.2, 0.25) is 0 Å². The van der Waals surface area contributed by atoms with Crippen molar-refractivity contribution in [3.63, 3.8) is 0 Å². The number of aryl methyl sites for hydroxylation is 2. The maximum Gasteiger partial charge on any atom is 0.140 e. The molecule has 0 bridgehead atoms. The van der Waals surface area contributed by atoms with Crippen molar-refractivity contribution in [1.82, 2.24) is 23.7 Å². The van der Waals surface area contributed by atoms with E-state index in [1.807, 2.05) is 6.07 Å². The Morgan fingerprint density at radius 1 is 0.478 bits per heavy atom. The van der Waals surface area contributed by atoms with Gasteiger partial charge in [-0.15, -0.1) is 0 Å². The Kier molecular flexibility index (Phi) is 5.13. The summed E-state index contributed by atoms with van der Waals surface area (Å²) in [7, 11) is 4.23. The number of nitrogens with zero attached hydrogens (tertiary/aromatic N) is 5. The number of hydrogen-bond donors (Lipinski definition) is 0. The van der Waals surface area contributed by atoms with Gasteiger partial charge in [0.25, 0.3) is 0 Å². The molecule has 3 aromatic heterocycles. The highest BCUT2D eigenvalue weighted by molar-refractivity contribution is 6.10. The first-order valence-corrected chi connectivity index (χ1v) is 15.8. The van der Waals surface area contributed by atoms with Crippen LogP contribution in [0.25, 0.3) is 83.5 Å². The van der Waals surface area contributed by atoms with Crippen LogP contribution < -0.4 is 0 Å². The van der Waals surface area contributed by atoms with Gasteiger partial charge in [0.15, 0.2) is 0 Å². The summed E-state index contributed by atoms with van der Waals surface area (Å²) in [5.41, 5.74) is 15.4. The largest absolute Gasteiger partial charge is 0.327 e. The zero-order chi connectivity index (χ0) is 30.5. The minimum absolute atomic E-state index is 0.957. The van der Waals surface area contributed by atoms with Crippen molar-refractivity contribution >= 4 is 43.9 Å². The fourth-order valence-electron chi connectivity index (χ4n) is 7.65. The Morgan fingerprint density at radius 3 is 2.09 bits per heavy atom. The van der Waals surface area contributed by atoms with Gasteiger partial charge < -0.3 is 13.7 Å². The summed E-state index contributed by atoms with van der Waals surface area (Å²) >= 11 is 0. The van der Waals surface area contributed by atoms with Gasteiger partial charge in [0.1, 0.15) is 11.6 Å². The van der Waals surface area contributed by atoms with Crippen LogP contribution in [0.15, 0.2) is 127 Å². The second-order valence-corrected chi connectivity index (χ2v) is 12.4. The van der Waals surface area contributed by atoms with Crippen LogP contribution in [0.1, 0.15) is 11.1 Å². The lowest BCUT2D eigenvalue weighted by Gasteiger charge is -2.11. The predicted molar refractivity (Wildman–Crippen MR) is 188 cm³/mol. The van der Waals surface area contributed by atoms with Crippen molar-refractivity contribution < 1.29 is 0 Å². The molecule has 0 fully saturated rings. The molecule has 5 heteroatoms. The van der Waals surface area contributed by atoms with E-state index < -0.39 is 0 Å². The first-order chi connectivity index (χ1) is 22.6. The van der Waals surface area contributed by atoms with Gasteiger partial charge in [-0.25, -0.2) is 9.97 Å². The van der Waals surface area contributed by atoms with Gasteiger partial charge >= 0.3 is 0 Å². The molecular formula is C41H29N5. The fraction of sp³-hybridized carbons (Fsp3) is 0.0732. The summed E-state index contributed by atoms with van der Waals surface area (Å²) < 4.78 is 6.81. The van der Waals surface area contributed by atoms with Gasteiger partial charge in [-0.05, 0) is 77.2 Å². The van der Waals surface area contributed by atoms with Crippen LogP contribution in [-0.4, -0.2) is 23.7 Å². The Bertz CT molecular complexity index is 2700. The highest BCUT2D eigenvalue weighted by Gasteiger charge is 2.22. The van der Waals surface area contributed by atoms with Gasteiger partial charge in [-0.3, -0.25) is 0 Å². The molecule has 6 aromatic carbocycles. The molecule has 0 spiro atoms. The van der Waals surface area contributed by atoms with E-state index in [9.17, 15) is 0 Å². The standard InChI is InChI=1S/C41H29N5/c1-44-37-17-8-6-15-34(37)42-40(44)26-11-9-12-29(21-26)46-36-16-7-5-14-31(36)32-19-18-27(22-38(32)46)41-43-35-24-33-28(23-39(35)45(41)2)20-25-10-3-4-13-30(25)33/h3-19,21-24H,20H2,1-2H3. The zero-order valence-corrected chi connectivity index (χ0v) is 25.6. The van der Waals surface area contributed by atoms with Crippen LogP contribution in [0, 0.1) is 0 Å². The highest BCUT2D eigenvalue weighted by atomic mass is 15.1. The second kappa shape index (κ2) is 9.29. The molecule has 0 radical (unpaired) electrons. The maximum atomic E-state index is 5.22. The van der Waals surface area contributed by atoms with Gasteiger partial charge in [-0.2, -0.15) is 0 Å². The van der Waals surface area contributed by atoms with E-state index in [1.54, 1.807) is 0 Å². The summed E-state index contributed by atoms with van der Waals surface area (Å²) in [6.45, 7) is 0. The Balaban J connectivity index is 1.16. The molecule has 0 amide bonds. The number of hydrogen-bond acceptors (Lipinski definition) is 2. The van der Waals surface area contributed by atoms with Gasteiger partial charge in [-0.1, -0.05) is 78.9 Å². The quantitative estimate of drug-likeness (QED) is 0.205. The Labute approximate surface area is 265 Å². The van der Waals surface area contributed by atoms with Crippen LogP contribution in [-0.2, 0) is 20.5 Å². The molecule has 0 saturated carbocycles. The van der Waals surface area contributed by atoms with Crippen LogP contribution in [0.4, 0.5) is 0 Å². The SMILES string of the molecule is Cn1c(-c2cccc(-n3c4ccccc4c4ccc(-c5nc6cc7c(cc6n5C)Cc5ccccc5-7)cc43)c2)nc2ccccc21. The zero-order valence-electron chi connectivity index (χ0n) is 25.6. The van der Waals surface area contributed by atoms with E-state index in [-0.39, 0.29) is 0 Å². The molecule has 3 heterocycles. The summed E-state index contributed by atoms with van der Waals surface area (Å²) in [6.07, 6.45) is 0.974. The summed E-state index contributed by atoms with van der Waals surface area (Å²) in [6, 6.07) is 45.9. The van der Waals surface area contributed by atoms with Crippen molar-refractivity contribution in [1.29, 1.82) is 0 Å². The minimum Gasteiger partial charge on any atom is -0.327 e. The molecule has 0 saturated heterocycles. The van der Waals surface area contributed by atoms with Crippen molar-refractivity contribution in [2.75, 3.05) is 0 Å². The van der Waals surface area contributed by atoms with E-state index in [2.05, 4.69) is 149 Å². The molecule has 10 rings (SSSR count). The molecule has 9 aromatic rings. The lowest BCUT2D eigenvalue weighted by atomic mass is 10.1. The number of aromatic nitrogens is 5. The highest BCUT2D eigenvalue weighted by Crippen LogP contribution is 2.40. The molecule has 46 heavy (non-hydrogen) atoms. The molecular weight excluding hydrogens is 562 g/mol. The smallest absolute Gasteiger partial charge is 0.140 e. The molecule has 218 valence electrons. The first-order valence-electron chi connectivity index (χ1n) is 15.8. The van der Waals surface area contributed by atoms with Crippen molar-refractivity contribution in [2.45, 2.75) is 6.42 Å². The Hall–Kier alpha value is -5.94. The van der Waals surface area contributed by atoms with Gasteiger partial charge in [0.2, 0.25) is 0 Å². The van der Waals surface area contributed by atoms with Crippen LogP contribution in [0.5, 0.6) is 0 Å². The summed E-state index contributed by atoms with van der Waals surface area (Å²) in [5, 5.41) is 2.46. The number of imidazole rings is 2. The molecule has 5 nitrogen and oxygen atoms in total. The van der Waals surface area contributed by atoms with Crippen LogP contribution >= 0.6 is 0 Å². The maximum absolute atomic E-state index is 5.22. The number of fused-ring (bicyclic) bond motifs is 8. The lowest BCUT2D eigenvalue weighted by molar-refractivity contribution is 0.958. The third-order valence-electron chi connectivity index (χ3n) is 9.88. The molecule has 0 atom stereocenters. The van der Waals surface area contributed by atoms with Crippen LogP contribution in [0.3, 0.4) is 0 Å². The number of rotatable bonds is 3. The van der Waals surface area contributed by atoms with Crippen molar-refractivity contribution in [3.8, 4) is 39.6 Å². The third kappa shape index (κ3) is 3.51. The Morgan fingerprint density at radius 2 is 1.20 bits per heavy atom. The normalized spacial score (nSPS) is 12.5. The minimum atomic E-state index is 0.957. The first kappa shape index (κ1) is 25.4. The molecule has 1 aliphatic carbocycles. The summed E-state index contributed by atoms with van der Waals surface area (Å²) in [5.74, 6) is 1.93. The molecule has 0 aliphatic heterocycles. The van der Waals surface area contributed by atoms with Gasteiger partial charge in [0.05, 0.1) is 33.1 Å². The molecule has 0 N–H and O–H groups in total. The average Bonchev–Trinajstić information content (AvgIpc) is 3.83. The van der Waals surface area contributed by atoms with Crippen molar-refractivity contribution in [3.05, 3.63) is 139 Å². The van der Waals surface area contributed by atoms with E-state index in [1.165, 1.54) is 38.5 Å². The molecule has 0 unspecified atom stereocenters. The van der Waals surface area contributed by atoms with Crippen molar-refractivity contribution in [2.24, 2.45) is 14.1 Å². The van der Waals surface area contributed by atoms with E-state index in [0.29, 0.717) is 0 Å². The summed E-state index contributed by atoms with van der Waals surface area (Å²) in [4.78, 5) is 10.2.